The molecule has 3 aliphatic rings. The Morgan fingerprint density at radius 2 is 1.83 bits per heavy atom. The summed E-state index contributed by atoms with van der Waals surface area (Å²) in [5.74, 6) is -1.41. The first-order chi connectivity index (χ1) is 28.5. The maximum absolute atomic E-state index is 15.1. The van der Waals surface area contributed by atoms with Gasteiger partial charge in [-0.3, -0.25) is 19.1 Å². The van der Waals surface area contributed by atoms with Gasteiger partial charge in [-0.15, -0.1) is 17.9 Å². The minimum Gasteiger partial charge on any atom is -0.494 e. The van der Waals surface area contributed by atoms with Gasteiger partial charge in [-0.25, -0.2) is 18.4 Å². The second-order valence-electron chi connectivity index (χ2n) is 17.3. The Morgan fingerprint density at radius 1 is 1.12 bits per heavy atom. The first kappa shape index (κ1) is 43.6. The van der Waals surface area contributed by atoms with Gasteiger partial charge in [-0.2, -0.15) is 0 Å². The average Bonchev–Trinajstić information content (AvgIpc) is 4.11. The lowest BCUT2D eigenvalue weighted by Crippen LogP contribution is -2.48. The fourth-order valence-corrected chi connectivity index (χ4v) is 10.8. The molecule has 2 aromatic heterocycles. The highest BCUT2D eigenvalue weighted by Gasteiger charge is 2.61. The van der Waals surface area contributed by atoms with E-state index in [-0.39, 0.29) is 49.3 Å². The van der Waals surface area contributed by atoms with Crippen molar-refractivity contribution >= 4 is 67.0 Å². The van der Waals surface area contributed by atoms with E-state index in [1.165, 1.54) is 11.3 Å². The van der Waals surface area contributed by atoms with E-state index in [1.807, 2.05) is 32.2 Å². The molecule has 7 rings (SSSR count). The summed E-state index contributed by atoms with van der Waals surface area (Å²) in [4.78, 5) is 56.8. The van der Waals surface area contributed by atoms with Gasteiger partial charge >= 0.3 is 0 Å². The highest BCUT2D eigenvalue weighted by atomic mass is 35.5. The third-order valence-electron chi connectivity index (χ3n) is 12.3. The molecule has 4 aromatic rings. The molecule has 2 saturated carbocycles. The van der Waals surface area contributed by atoms with Crippen molar-refractivity contribution in [3.63, 3.8) is 0 Å². The van der Waals surface area contributed by atoms with Crippen LogP contribution in [0.5, 0.6) is 11.6 Å². The topological polar surface area (TPSA) is 148 Å². The largest absolute Gasteiger partial charge is 0.494 e. The van der Waals surface area contributed by atoms with E-state index < -0.39 is 50.1 Å². The van der Waals surface area contributed by atoms with Crippen molar-refractivity contribution in [3.8, 4) is 22.9 Å². The van der Waals surface area contributed by atoms with Crippen molar-refractivity contribution in [2.24, 2.45) is 22.7 Å². The fraction of sp³-hybridized carbons (Fsp3) is 0.489. The van der Waals surface area contributed by atoms with Crippen molar-refractivity contribution in [2.45, 2.75) is 90.5 Å². The summed E-state index contributed by atoms with van der Waals surface area (Å²) >= 11 is 7.91. The molecule has 60 heavy (non-hydrogen) atoms. The molecule has 3 fully saturated rings. The zero-order valence-electron chi connectivity index (χ0n) is 35.1. The van der Waals surface area contributed by atoms with E-state index >= 15 is 4.79 Å². The van der Waals surface area contributed by atoms with Gasteiger partial charge in [0.15, 0.2) is 5.78 Å². The van der Waals surface area contributed by atoms with Gasteiger partial charge in [-0.05, 0) is 74.8 Å². The van der Waals surface area contributed by atoms with Gasteiger partial charge < -0.3 is 19.3 Å². The maximum atomic E-state index is 15.1. The number of halogens is 1. The number of likely N-dealkylation sites (tertiary alicyclic amines) is 1. The van der Waals surface area contributed by atoms with Crippen LogP contribution in [0.1, 0.15) is 71.7 Å². The number of allylic oxidation sites excluding steroid dienone is 1. The van der Waals surface area contributed by atoms with Crippen LogP contribution < -0.4 is 19.1 Å². The van der Waals surface area contributed by atoms with E-state index in [4.69, 9.17) is 26.1 Å². The smallest absolute Gasteiger partial charge is 0.240 e. The molecule has 1 N–H and O–H groups in total. The number of benzene rings is 2. The number of anilines is 1. The number of nitrogens with one attached hydrogen (secondary N) is 1. The van der Waals surface area contributed by atoms with Crippen molar-refractivity contribution in [1.82, 2.24) is 19.6 Å². The van der Waals surface area contributed by atoms with E-state index in [1.54, 1.807) is 36.4 Å². The van der Waals surface area contributed by atoms with Gasteiger partial charge in [0.1, 0.15) is 11.9 Å². The molecular weight excluding hydrogens is 822 g/mol. The number of rotatable bonds is 17. The number of ether oxygens (including phenoxy) is 2. The zero-order valence-corrected chi connectivity index (χ0v) is 37.5. The highest BCUT2D eigenvalue weighted by Crippen LogP contribution is 2.57. The minimum atomic E-state index is -3.85. The molecule has 1 saturated heterocycles. The van der Waals surface area contributed by atoms with Gasteiger partial charge in [0, 0.05) is 70.7 Å². The van der Waals surface area contributed by atoms with E-state index in [0.717, 1.165) is 40.4 Å². The molecule has 2 amide bonds. The van der Waals surface area contributed by atoms with E-state index in [9.17, 15) is 18.0 Å². The minimum absolute atomic E-state index is 0.0831. The Balaban J connectivity index is 1.17. The number of methoxy groups -OCH3 is 1. The lowest BCUT2D eigenvalue weighted by Gasteiger charge is -2.35. The summed E-state index contributed by atoms with van der Waals surface area (Å²) in [6, 6.07) is 12.7. The van der Waals surface area contributed by atoms with Crippen molar-refractivity contribution < 1.29 is 32.3 Å². The molecule has 2 aliphatic carbocycles. The standard InChI is InChI=1S/C45H54ClN5O7S2/c1-8-28-22-45(28,43(54)49-60(55,56)32-16-17-32)23-38(52)37-20-31(58-41-34-19-29(46)13-18-33(34)39(57-7)24-47-41)25-51(37)42(53)35(44(4,5)6)21-40-48-36(26-59-40)27-11-14-30(15-12-27)50(9-2)10-3/h8,11-15,18-19,24,26,28,31-32,35,37H,1,9-10,16-17,20-23,25H2,2-7H3,(H,49,54)/t28-,31-,35-,37+,45-/m1/s1. The van der Waals surface area contributed by atoms with Crippen LogP contribution in [0.2, 0.25) is 5.02 Å². The first-order valence-electron chi connectivity index (χ1n) is 20.6. The number of aromatic nitrogens is 2. The molecule has 0 bridgehead atoms. The van der Waals surface area contributed by atoms with Crippen molar-refractivity contribution in [2.75, 3.05) is 31.6 Å². The number of ketones is 1. The molecule has 15 heteroatoms. The predicted molar refractivity (Wildman–Crippen MR) is 236 cm³/mol. The summed E-state index contributed by atoms with van der Waals surface area (Å²) < 4.78 is 40.1. The van der Waals surface area contributed by atoms with Crippen LogP contribution in [0.15, 0.2) is 66.7 Å². The van der Waals surface area contributed by atoms with Gasteiger partial charge in [0.2, 0.25) is 27.7 Å². The molecule has 0 radical (unpaired) electrons. The Bertz CT molecular complexity index is 2390. The van der Waals surface area contributed by atoms with Crippen molar-refractivity contribution in [1.29, 1.82) is 0 Å². The van der Waals surface area contributed by atoms with E-state index in [2.05, 4.69) is 59.3 Å². The third-order valence-corrected chi connectivity index (χ3v) is 15.2. The maximum Gasteiger partial charge on any atom is 0.240 e. The molecule has 5 atom stereocenters. The molecular formula is C45H54ClN5O7S2. The zero-order chi connectivity index (χ0) is 43.1. The Hall–Kier alpha value is -4.53. The number of nitrogens with zero attached hydrogens (tertiary/aromatic N) is 4. The second-order valence-corrected chi connectivity index (χ2v) is 20.6. The van der Waals surface area contributed by atoms with Crippen LogP contribution >= 0.6 is 22.9 Å². The summed E-state index contributed by atoms with van der Waals surface area (Å²) in [5, 5.41) is 4.03. The number of Topliss-reactive ketones (excluding diaryl/α,β-unsaturated/α-hetero) is 1. The summed E-state index contributed by atoms with van der Waals surface area (Å²) in [6.45, 7) is 16.1. The first-order valence-corrected chi connectivity index (χ1v) is 23.4. The summed E-state index contributed by atoms with van der Waals surface area (Å²) in [6.07, 6.45) is 4.02. The monoisotopic (exact) mass is 875 g/mol. The molecule has 0 unspecified atom stereocenters. The van der Waals surface area contributed by atoms with Gasteiger partial charge in [-0.1, -0.05) is 50.6 Å². The number of thiazole rings is 1. The third kappa shape index (κ3) is 8.92. The fourth-order valence-electron chi connectivity index (χ4n) is 8.43. The number of pyridine rings is 1. The number of hydrogen-bond donors (Lipinski definition) is 1. The number of fused-ring (bicyclic) bond motifs is 1. The SMILES string of the molecule is C=C[C@@H]1C[C@]1(CC(=O)[C@@H]1C[C@@H](Oc2ncc(OC)c3ccc(Cl)cc23)CN1C(=O)[C@@H](Cc1nc(-c2ccc(N(CC)CC)cc2)cs1)C(C)(C)C)C(=O)NS(=O)(=O)C1CC1. The van der Waals surface area contributed by atoms with Crippen LogP contribution in [-0.4, -0.2) is 85.0 Å². The van der Waals surface area contributed by atoms with E-state index in [0.29, 0.717) is 35.4 Å². The highest BCUT2D eigenvalue weighted by molar-refractivity contribution is 7.90. The Morgan fingerprint density at radius 3 is 2.45 bits per heavy atom. The Labute approximate surface area is 361 Å². The van der Waals surface area contributed by atoms with Crippen LogP contribution in [-0.2, 0) is 30.8 Å². The summed E-state index contributed by atoms with van der Waals surface area (Å²) in [7, 11) is -2.30. The number of amides is 2. The van der Waals surface area contributed by atoms with Crippen LogP contribution in [0.4, 0.5) is 5.69 Å². The molecule has 0 spiro atoms. The molecule has 320 valence electrons. The molecule has 3 heterocycles. The normalized spacial score (nSPS) is 22.0. The lowest BCUT2D eigenvalue weighted by atomic mass is 9.77. The quantitative estimate of drug-likeness (QED) is 0.104. The second kappa shape index (κ2) is 17.1. The number of sulfonamides is 1. The molecule has 12 nitrogen and oxygen atoms in total. The summed E-state index contributed by atoms with van der Waals surface area (Å²) in [5.41, 5.74) is 1.15. The molecule has 1 aliphatic heterocycles. The molecule has 2 aromatic carbocycles. The number of carbonyl (C=O) groups excluding carboxylic acids is 3. The lowest BCUT2D eigenvalue weighted by molar-refractivity contribution is -0.144. The number of carbonyl (C=O) groups is 3. The van der Waals surface area contributed by atoms with Crippen LogP contribution in [0.3, 0.4) is 0 Å². The predicted octanol–water partition coefficient (Wildman–Crippen LogP) is 7.88. The van der Waals surface area contributed by atoms with Crippen molar-refractivity contribution in [3.05, 3.63) is 76.7 Å². The number of hydrogen-bond acceptors (Lipinski definition) is 11. The average molecular weight is 877 g/mol. The van der Waals surface area contributed by atoms with Crippen LogP contribution in [0, 0.1) is 22.7 Å². The van der Waals surface area contributed by atoms with Crippen LogP contribution in [0.25, 0.3) is 22.0 Å². The van der Waals surface area contributed by atoms with Gasteiger partial charge in [0.25, 0.3) is 0 Å². The Kier molecular flexibility index (Phi) is 12.4. The van der Waals surface area contributed by atoms with Gasteiger partial charge in [0.05, 0.1) is 47.3 Å².